The Labute approximate surface area is 214 Å². The molecule has 1 spiro atoms. The van der Waals surface area contributed by atoms with E-state index in [1.807, 2.05) is 18.2 Å². The Hall–Kier alpha value is -3.07. The van der Waals surface area contributed by atoms with E-state index in [0.29, 0.717) is 18.7 Å². The zero-order valence-corrected chi connectivity index (χ0v) is 20.7. The smallest absolute Gasteiger partial charge is 0.406 e. The Balaban J connectivity index is 1.07. The number of hydrogen-bond acceptors (Lipinski definition) is 4. The fourth-order valence-corrected chi connectivity index (χ4v) is 6.01. The van der Waals surface area contributed by atoms with E-state index in [9.17, 15) is 22.8 Å². The summed E-state index contributed by atoms with van der Waals surface area (Å²) >= 11 is 0. The molecule has 1 saturated carbocycles. The summed E-state index contributed by atoms with van der Waals surface area (Å²) in [6.45, 7) is 3.00. The number of benzene rings is 2. The highest BCUT2D eigenvalue weighted by Crippen LogP contribution is 2.44. The molecule has 6 nitrogen and oxygen atoms in total. The Morgan fingerprint density at radius 1 is 0.973 bits per heavy atom. The fourth-order valence-electron chi connectivity index (χ4n) is 6.01. The van der Waals surface area contributed by atoms with Gasteiger partial charge in [-0.15, -0.1) is 13.2 Å². The molecule has 0 aromatic heterocycles. The number of nitrogens with one attached hydrogen (secondary N) is 1. The normalized spacial score (nSPS) is 22.0. The van der Waals surface area contributed by atoms with E-state index in [2.05, 4.69) is 27.1 Å². The molecular formula is C28H32F3N3O3. The van der Waals surface area contributed by atoms with Crippen LogP contribution in [0.5, 0.6) is 5.75 Å². The van der Waals surface area contributed by atoms with Crippen LogP contribution in [-0.4, -0.2) is 59.7 Å². The summed E-state index contributed by atoms with van der Waals surface area (Å²) in [5.74, 6) is -0.401. The van der Waals surface area contributed by atoms with Gasteiger partial charge in [0.15, 0.2) is 0 Å². The summed E-state index contributed by atoms with van der Waals surface area (Å²) < 4.78 is 40.9. The first-order valence-electron chi connectivity index (χ1n) is 12.9. The SMILES string of the molecule is O=C(NC1CCC2(CC1)CN(C(=O)c1ccc(OC(F)(F)F)cc1)C2)[C@@H]1CCCN1Cc1ccccc1. The van der Waals surface area contributed by atoms with Gasteiger partial charge in [-0.05, 0) is 74.9 Å². The Kier molecular flexibility index (Phi) is 7.16. The summed E-state index contributed by atoms with van der Waals surface area (Å²) in [4.78, 5) is 29.9. The van der Waals surface area contributed by atoms with Crippen molar-refractivity contribution in [2.75, 3.05) is 19.6 Å². The van der Waals surface area contributed by atoms with Crippen LogP contribution < -0.4 is 10.1 Å². The van der Waals surface area contributed by atoms with E-state index < -0.39 is 6.36 Å². The lowest BCUT2D eigenvalue weighted by atomic mass is 9.67. The van der Waals surface area contributed by atoms with Crippen LogP contribution in [0.4, 0.5) is 13.2 Å². The van der Waals surface area contributed by atoms with Gasteiger partial charge in [-0.1, -0.05) is 30.3 Å². The van der Waals surface area contributed by atoms with Crippen molar-refractivity contribution in [1.82, 2.24) is 15.1 Å². The number of alkyl halides is 3. The number of likely N-dealkylation sites (tertiary alicyclic amines) is 2. The van der Waals surface area contributed by atoms with Crippen molar-refractivity contribution in [2.24, 2.45) is 5.41 Å². The van der Waals surface area contributed by atoms with Crippen LogP contribution in [0.25, 0.3) is 0 Å². The van der Waals surface area contributed by atoms with E-state index >= 15 is 0 Å². The molecule has 3 aliphatic rings. The van der Waals surface area contributed by atoms with Gasteiger partial charge < -0.3 is 15.0 Å². The minimum Gasteiger partial charge on any atom is -0.406 e. The molecule has 1 atom stereocenters. The maximum absolute atomic E-state index is 13.1. The maximum atomic E-state index is 13.1. The average molecular weight is 516 g/mol. The molecule has 1 N–H and O–H groups in total. The second kappa shape index (κ2) is 10.4. The highest BCUT2D eigenvalue weighted by atomic mass is 19.4. The number of hydrogen-bond donors (Lipinski definition) is 1. The average Bonchev–Trinajstić information content (AvgIpc) is 3.31. The molecule has 2 aromatic carbocycles. The van der Waals surface area contributed by atoms with Gasteiger partial charge in [0.2, 0.25) is 5.91 Å². The Morgan fingerprint density at radius 3 is 2.30 bits per heavy atom. The van der Waals surface area contributed by atoms with Crippen LogP contribution in [-0.2, 0) is 11.3 Å². The van der Waals surface area contributed by atoms with Crippen molar-refractivity contribution in [2.45, 2.75) is 63.5 Å². The highest BCUT2D eigenvalue weighted by Gasteiger charge is 2.47. The minimum atomic E-state index is -4.76. The predicted molar refractivity (Wildman–Crippen MR) is 132 cm³/mol. The van der Waals surface area contributed by atoms with Crippen molar-refractivity contribution in [3.63, 3.8) is 0 Å². The van der Waals surface area contributed by atoms with Gasteiger partial charge in [-0.25, -0.2) is 0 Å². The summed E-state index contributed by atoms with van der Waals surface area (Å²) in [5.41, 5.74) is 1.64. The molecule has 2 heterocycles. The van der Waals surface area contributed by atoms with E-state index in [0.717, 1.165) is 63.7 Å². The summed E-state index contributed by atoms with van der Waals surface area (Å²) in [6, 6.07) is 15.4. The largest absolute Gasteiger partial charge is 0.573 e. The molecule has 37 heavy (non-hydrogen) atoms. The third-order valence-electron chi connectivity index (χ3n) is 7.96. The number of ether oxygens (including phenoxy) is 1. The molecule has 0 bridgehead atoms. The molecule has 2 saturated heterocycles. The summed E-state index contributed by atoms with van der Waals surface area (Å²) in [6.07, 6.45) is 0.824. The first-order valence-corrected chi connectivity index (χ1v) is 12.9. The van der Waals surface area contributed by atoms with E-state index in [1.54, 1.807) is 4.90 Å². The maximum Gasteiger partial charge on any atom is 0.573 e. The second-order valence-electron chi connectivity index (χ2n) is 10.6. The zero-order valence-electron chi connectivity index (χ0n) is 20.7. The van der Waals surface area contributed by atoms with E-state index in [-0.39, 0.29) is 35.1 Å². The number of carbonyl (C=O) groups is 2. The second-order valence-corrected chi connectivity index (χ2v) is 10.6. The van der Waals surface area contributed by atoms with Gasteiger partial charge in [0, 0.05) is 36.7 Å². The number of rotatable bonds is 6. The summed E-state index contributed by atoms with van der Waals surface area (Å²) in [5, 5.41) is 3.29. The monoisotopic (exact) mass is 515 g/mol. The standard InChI is InChI=1S/C28H32F3N3O3/c29-28(30,31)37-23-10-8-21(9-11-23)26(36)34-18-27(19-34)14-12-22(13-15-27)32-25(35)24-7-4-16-33(24)17-20-5-2-1-3-6-20/h1-3,5-6,8-11,22,24H,4,7,12-19H2,(H,32,35)/t24-/m0/s1. The van der Waals surface area contributed by atoms with Gasteiger partial charge in [0.25, 0.3) is 5.91 Å². The van der Waals surface area contributed by atoms with E-state index in [4.69, 9.17) is 0 Å². The van der Waals surface area contributed by atoms with Crippen molar-refractivity contribution in [3.05, 3.63) is 65.7 Å². The van der Waals surface area contributed by atoms with Crippen LogP contribution in [0, 0.1) is 5.41 Å². The van der Waals surface area contributed by atoms with Crippen LogP contribution >= 0.6 is 0 Å². The van der Waals surface area contributed by atoms with Gasteiger partial charge in [-0.3, -0.25) is 14.5 Å². The van der Waals surface area contributed by atoms with Gasteiger partial charge in [-0.2, -0.15) is 0 Å². The molecule has 0 radical (unpaired) electrons. The van der Waals surface area contributed by atoms with Crippen LogP contribution in [0.15, 0.2) is 54.6 Å². The molecule has 2 aliphatic heterocycles. The summed E-state index contributed by atoms with van der Waals surface area (Å²) in [7, 11) is 0. The van der Waals surface area contributed by atoms with Crippen LogP contribution in [0.3, 0.4) is 0 Å². The van der Waals surface area contributed by atoms with E-state index in [1.165, 1.54) is 17.7 Å². The van der Waals surface area contributed by atoms with Crippen molar-refractivity contribution in [1.29, 1.82) is 0 Å². The molecule has 2 amide bonds. The fraction of sp³-hybridized carbons (Fsp3) is 0.500. The Morgan fingerprint density at radius 2 is 1.65 bits per heavy atom. The third-order valence-corrected chi connectivity index (χ3v) is 7.96. The molecule has 3 fully saturated rings. The lowest BCUT2D eigenvalue weighted by Gasteiger charge is -2.53. The minimum absolute atomic E-state index is 0.0723. The molecule has 0 unspecified atom stereocenters. The highest BCUT2D eigenvalue weighted by molar-refractivity contribution is 5.95. The van der Waals surface area contributed by atoms with Gasteiger partial charge in [0.05, 0.1) is 6.04 Å². The van der Waals surface area contributed by atoms with Crippen LogP contribution in [0.2, 0.25) is 0 Å². The van der Waals surface area contributed by atoms with Crippen molar-refractivity contribution < 1.29 is 27.5 Å². The van der Waals surface area contributed by atoms with Crippen molar-refractivity contribution in [3.8, 4) is 5.75 Å². The van der Waals surface area contributed by atoms with Gasteiger partial charge >= 0.3 is 6.36 Å². The first kappa shape index (κ1) is 25.6. The number of halogens is 3. The third kappa shape index (κ3) is 6.09. The topological polar surface area (TPSA) is 61.9 Å². The first-order chi connectivity index (χ1) is 17.7. The quantitative estimate of drug-likeness (QED) is 0.603. The number of carbonyl (C=O) groups excluding carboxylic acids is 2. The lowest BCUT2D eigenvalue weighted by Crippen LogP contribution is -2.60. The van der Waals surface area contributed by atoms with Crippen molar-refractivity contribution >= 4 is 11.8 Å². The lowest BCUT2D eigenvalue weighted by molar-refractivity contribution is -0.274. The molecule has 5 rings (SSSR count). The number of nitrogens with zero attached hydrogens (tertiary/aromatic N) is 2. The predicted octanol–water partition coefficient (Wildman–Crippen LogP) is 4.75. The molecule has 9 heteroatoms. The molecular weight excluding hydrogens is 483 g/mol. The van der Waals surface area contributed by atoms with Gasteiger partial charge in [0.1, 0.15) is 5.75 Å². The zero-order chi connectivity index (χ0) is 26.0. The molecule has 2 aromatic rings. The van der Waals surface area contributed by atoms with Crippen LogP contribution in [0.1, 0.15) is 54.4 Å². The molecule has 198 valence electrons. The Bertz CT molecular complexity index is 1090. The number of amides is 2. The molecule has 1 aliphatic carbocycles.